The Morgan fingerprint density at radius 3 is 2.79 bits per heavy atom. The van der Waals surface area contributed by atoms with Crippen LogP contribution in [0.1, 0.15) is 43.9 Å². The number of amides is 2. The lowest BCUT2D eigenvalue weighted by molar-refractivity contribution is 0.179. The van der Waals surface area contributed by atoms with Crippen molar-refractivity contribution in [3.05, 3.63) is 47.5 Å². The van der Waals surface area contributed by atoms with Gasteiger partial charge in [0, 0.05) is 25.6 Å². The van der Waals surface area contributed by atoms with Crippen LogP contribution in [0.25, 0.3) is 0 Å². The van der Waals surface area contributed by atoms with Gasteiger partial charge >= 0.3 is 6.03 Å². The molecule has 1 aromatic carbocycles. The molecule has 1 aromatic heterocycles. The number of nitrogens with one attached hydrogen (secondary N) is 1. The van der Waals surface area contributed by atoms with Gasteiger partial charge in [0.15, 0.2) is 5.82 Å². The van der Waals surface area contributed by atoms with Crippen LogP contribution < -0.4 is 5.32 Å². The molecule has 24 heavy (non-hydrogen) atoms. The number of aromatic nitrogens is 3. The highest BCUT2D eigenvalue weighted by Crippen LogP contribution is 2.14. The van der Waals surface area contributed by atoms with E-state index in [0.29, 0.717) is 13.1 Å². The molecule has 1 N–H and O–H groups in total. The Morgan fingerprint density at radius 2 is 2.04 bits per heavy atom. The highest BCUT2D eigenvalue weighted by atomic mass is 16.2. The van der Waals surface area contributed by atoms with Gasteiger partial charge < -0.3 is 14.8 Å². The number of nitrogens with zero attached hydrogens (tertiary/aromatic N) is 4. The molecule has 0 saturated carbocycles. The maximum atomic E-state index is 12.6. The Morgan fingerprint density at radius 1 is 1.25 bits per heavy atom. The normalized spacial score (nSPS) is 13.6. The first-order valence-corrected chi connectivity index (χ1v) is 8.64. The zero-order valence-electron chi connectivity index (χ0n) is 14.4. The largest absolute Gasteiger partial charge is 0.331 e. The monoisotopic (exact) mass is 327 g/mol. The molecule has 0 aliphatic carbocycles. The summed E-state index contributed by atoms with van der Waals surface area (Å²) in [5.74, 6) is 1.89. The molecule has 0 radical (unpaired) electrons. The van der Waals surface area contributed by atoms with Crippen molar-refractivity contribution in [3.8, 4) is 0 Å². The molecule has 0 spiro atoms. The SMILES string of the molecule is CC(C)N(Cc1ccccc1)C(=O)NCc1nnc2n1CCCC2. The average Bonchev–Trinajstić information content (AvgIpc) is 3.01. The van der Waals surface area contributed by atoms with Gasteiger partial charge in [0.05, 0.1) is 6.54 Å². The minimum Gasteiger partial charge on any atom is -0.331 e. The molecule has 0 fully saturated rings. The maximum Gasteiger partial charge on any atom is 0.318 e. The first kappa shape index (κ1) is 16.5. The Balaban J connectivity index is 1.62. The van der Waals surface area contributed by atoms with E-state index in [-0.39, 0.29) is 12.1 Å². The van der Waals surface area contributed by atoms with Crippen molar-refractivity contribution in [2.75, 3.05) is 0 Å². The maximum absolute atomic E-state index is 12.6. The molecular formula is C18H25N5O. The number of rotatable bonds is 5. The van der Waals surface area contributed by atoms with Crippen LogP contribution in [0.15, 0.2) is 30.3 Å². The zero-order valence-corrected chi connectivity index (χ0v) is 14.4. The van der Waals surface area contributed by atoms with Gasteiger partial charge in [0.1, 0.15) is 5.82 Å². The van der Waals surface area contributed by atoms with Gasteiger partial charge in [-0.3, -0.25) is 0 Å². The molecule has 1 aliphatic heterocycles. The second kappa shape index (κ2) is 7.47. The number of hydrogen-bond donors (Lipinski definition) is 1. The molecular weight excluding hydrogens is 302 g/mol. The fraction of sp³-hybridized carbons (Fsp3) is 0.500. The minimum atomic E-state index is -0.0676. The summed E-state index contributed by atoms with van der Waals surface area (Å²) < 4.78 is 2.14. The van der Waals surface area contributed by atoms with Crippen LogP contribution >= 0.6 is 0 Å². The molecule has 6 heteroatoms. The van der Waals surface area contributed by atoms with Crippen molar-refractivity contribution in [3.63, 3.8) is 0 Å². The van der Waals surface area contributed by atoms with Crippen LogP contribution in [0.2, 0.25) is 0 Å². The number of carbonyl (C=O) groups is 1. The lowest BCUT2D eigenvalue weighted by Gasteiger charge is -2.27. The van der Waals surface area contributed by atoms with Crippen molar-refractivity contribution in [1.29, 1.82) is 0 Å². The quantitative estimate of drug-likeness (QED) is 0.918. The second-order valence-corrected chi connectivity index (χ2v) is 6.51. The molecule has 6 nitrogen and oxygen atoms in total. The van der Waals surface area contributed by atoms with Gasteiger partial charge in [-0.1, -0.05) is 30.3 Å². The molecule has 0 atom stereocenters. The van der Waals surface area contributed by atoms with Crippen LogP contribution in [-0.4, -0.2) is 31.7 Å². The summed E-state index contributed by atoms with van der Waals surface area (Å²) >= 11 is 0. The van der Waals surface area contributed by atoms with Crippen LogP contribution in [0.3, 0.4) is 0 Å². The lowest BCUT2D eigenvalue weighted by atomic mass is 10.2. The zero-order chi connectivity index (χ0) is 16.9. The number of urea groups is 1. The Kier molecular flexibility index (Phi) is 5.13. The topological polar surface area (TPSA) is 63.1 Å². The van der Waals surface area contributed by atoms with Crippen LogP contribution in [-0.2, 0) is 26.1 Å². The van der Waals surface area contributed by atoms with Gasteiger partial charge in [-0.2, -0.15) is 0 Å². The smallest absolute Gasteiger partial charge is 0.318 e. The third kappa shape index (κ3) is 3.75. The van der Waals surface area contributed by atoms with E-state index < -0.39 is 0 Å². The predicted octanol–water partition coefficient (Wildman–Crippen LogP) is 2.73. The van der Waals surface area contributed by atoms with Gasteiger partial charge in [-0.15, -0.1) is 10.2 Å². The van der Waals surface area contributed by atoms with Crippen molar-refractivity contribution < 1.29 is 4.79 Å². The van der Waals surface area contributed by atoms with E-state index in [1.165, 1.54) is 6.42 Å². The average molecular weight is 327 g/mol. The van der Waals surface area contributed by atoms with E-state index in [0.717, 1.165) is 36.6 Å². The highest BCUT2D eigenvalue weighted by molar-refractivity contribution is 5.74. The molecule has 0 unspecified atom stereocenters. The van der Waals surface area contributed by atoms with Crippen LogP contribution in [0, 0.1) is 0 Å². The molecule has 2 amide bonds. The minimum absolute atomic E-state index is 0.0676. The molecule has 128 valence electrons. The summed E-state index contributed by atoms with van der Waals surface area (Å²) in [5, 5.41) is 11.5. The second-order valence-electron chi connectivity index (χ2n) is 6.51. The van der Waals surface area contributed by atoms with Crippen molar-refractivity contribution in [2.24, 2.45) is 0 Å². The fourth-order valence-corrected chi connectivity index (χ4v) is 3.02. The Hall–Kier alpha value is -2.37. The standard InChI is InChI=1S/C18H25N5O/c1-14(2)23(13-15-8-4-3-5-9-15)18(24)19-12-17-21-20-16-10-6-7-11-22(16)17/h3-5,8-9,14H,6-7,10-13H2,1-2H3,(H,19,24). The lowest BCUT2D eigenvalue weighted by Crippen LogP contribution is -2.43. The number of carbonyl (C=O) groups excluding carboxylic acids is 1. The molecule has 0 saturated heterocycles. The Bertz CT molecular complexity index is 680. The third-order valence-corrected chi connectivity index (χ3v) is 4.41. The number of aryl methyl sites for hydroxylation is 1. The van der Waals surface area contributed by atoms with Gasteiger partial charge in [0.25, 0.3) is 0 Å². The summed E-state index contributed by atoms with van der Waals surface area (Å²) in [5.41, 5.74) is 1.13. The molecule has 1 aliphatic rings. The predicted molar refractivity (Wildman–Crippen MR) is 92.3 cm³/mol. The van der Waals surface area contributed by atoms with Crippen LogP contribution in [0.5, 0.6) is 0 Å². The molecule has 3 rings (SSSR count). The molecule has 2 aromatic rings. The number of hydrogen-bond acceptors (Lipinski definition) is 3. The van der Waals surface area contributed by atoms with Crippen molar-refractivity contribution >= 4 is 6.03 Å². The van der Waals surface area contributed by atoms with E-state index >= 15 is 0 Å². The van der Waals surface area contributed by atoms with Crippen molar-refractivity contribution in [1.82, 2.24) is 25.0 Å². The summed E-state index contributed by atoms with van der Waals surface area (Å²) in [7, 11) is 0. The summed E-state index contributed by atoms with van der Waals surface area (Å²) in [6.07, 6.45) is 3.30. The van der Waals surface area contributed by atoms with Gasteiger partial charge in [0.2, 0.25) is 0 Å². The van der Waals surface area contributed by atoms with E-state index in [4.69, 9.17) is 0 Å². The number of benzene rings is 1. The van der Waals surface area contributed by atoms with E-state index in [1.807, 2.05) is 49.1 Å². The summed E-state index contributed by atoms with van der Waals surface area (Å²) in [6.45, 7) is 6.03. The first-order chi connectivity index (χ1) is 11.6. The van der Waals surface area contributed by atoms with E-state index in [1.54, 1.807) is 0 Å². The van der Waals surface area contributed by atoms with Gasteiger partial charge in [-0.25, -0.2) is 4.79 Å². The number of fused-ring (bicyclic) bond motifs is 1. The van der Waals surface area contributed by atoms with E-state index in [2.05, 4.69) is 20.1 Å². The van der Waals surface area contributed by atoms with Crippen molar-refractivity contribution in [2.45, 2.75) is 58.8 Å². The van der Waals surface area contributed by atoms with Gasteiger partial charge in [-0.05, 0) is 32.3 Å². The first-order valence-electron chi connectivity index (χ1n) is 8.64. The molecule has 2 heterocycles. The summed E-state index contributed by atoms with van der Waals surface area (Å²) in [4.78, 5) is 14.4. The molecule has 0 bridgehead atoms. The fourth-order valence-electron chi connectivity index (χ4n) is 3.02. The Labute approximate surface area is 142 Å². The van der Waals surface area contributed by atoms with E-state index in [9.17, 15) is 4.79 Å². The third-order valence-electron chi connectivity index (χ3n) is 4.41. The highest BCUT2D eigenvalue weighted by Gasteiger charge is 2.20. The van der Waals surface area contributed by atoms with Crippen LogP contribution in [0.4, 0.5) is 4.79 Å². The summed E-state index contributed by atoms with van der Waals surface area (Å²) in [6, 6.07) is 10.1.